The number of aryl methyl sites for hydroxylation is 1. The Morgan fingerprint density at radius 3 is 2.52 bits per heavy atom. The molecule has 1 heterocycles. The molecule has 0 saturated carbocycles. The maximum atomic E-state index is 13.8. The van der Waals surface area contributed by atoms with Crippen LogP contribution in [0, 0.1) is 24.4 Å². The first-order chi connectivity index (χ1) is 12.8. The van der Waals surface area contributed by atoms with Crippen molar-refractivity contribution in [1.82, 2.24) is 0 Å². The second kappa shape index (κ2) is 7.14. The zero-order chi connectivity index (χ0) is 19.7. The number of furan rings is 1. The van der Waals surface area contributed by atoms with Gasteiger partial charge >= 0.3 is 5.97 Å². The highest BCUT2D eigenvalue weighted by atomic mass is 19.1. The predicted octanol–water partition coefficient (Wildman–Crippen LogP) is 4.34. The van der Waals surface area contributed by atoms with Crippen LogP contribution in [-0.4, -0.2) is 18.0 Å². The van der Waals surface area contributed by atoms with Gasteiger partial charge in [0.25, 0.3) is 5.91 Å². The van der Waals surface area contributed by atoms with Gasteiger partial charge in [0.05, 0.1) is 5.69 Å². The number of amides is 1. The summed E-state index contributed by atoms with van der Waals surface area (Å²) in [6.07, 6.45) is -1.31. The standard InChI is InChI=1S/C19H14F3NO4/c1-9-12-4-3-5-13(21)17(12)27-16(9)19(25)26-10(2)18(24)23-15-7-6-11(20)8-14(15)22/h3-8,10H,1-2H3,(H,23,24)/t10-/m0/s1. The summed E-state index contributed by atoms with van der Waals surface area (Å²) in [5, 5.41) is 2.61. The van der Waals surface area contributed by atoms with Crippen LogP contribution in [0.3, 0.4) is 0 Å². The van der Waals surface area contributed by atoms with Gasteiger partial charge in [0, 0.05) is 17.0 Å². The van der Waals surface area contributed by atoms with Gasteiger partial charge in [-0.3, -0.25) is 4.79 Å². The number of esters is 1. The Morgan fingerprint density at radius 2 is 1.85 bits per heavy atom. The van der Waals surface area contributed by atoms with Crippen LogP contribution in [0.5, 0.6) is 0 Å². The molecule has 0 saturated heterocycles. The molecule has 3 aromatic rings. The maximum Gasteiger partial charge on any atom is 0.375 e. The van der Waals surface area contributed by atoms with Gasteiger partial charge in [-0.2, -0.15) is 0 Å². The van der Waals surface area contributed by atoms with Crippen molar-refractivity contribution < 1.29 is 31.9 Å². The summed E-state index contributed by atoms with van der Waals surface area (Å²) in [6.45, 7) is 2.83. The van der Waals surface area contributed by atoms with Gasteiger partial charge in [-0.25, -0.2) is 18.0 Å². The molecule has 1 N–H and O–H groups in total. The van der Waals surface area contributed by atoms with E-state index in [1.807, 2.05) is 0 Å². The van der Waals surface area contributed by atoms with Crippen molar-refractivity contribution in [2.75, 3.05) is 5.32 Å². The van der Waals surface area contributed by atoms with E-state index in [0.717, 1.165) is 12.1 Å². The molecular weight excluding hydrogens is 363 g/mol. The molecule has 3 rings (SSSR count). The molecule has 1 atom stereocenters. The van der Waals surface area contributed by atoms with Gasteiger partial charge in [-0.15, -0.1) is 0 Å². The Morgan fingerprint density at radius 1 is 1.11 bits per heavy atom. The van der Waals surface area contributed by atoms with Crippen molar-refractivity contribution in [2.45, 2.75) is 20.0 Å². The molecular formula is C19H14F3NO4. The van der Waals surface area contributed by atoms with E-state index >= 15 is 0 Å². The fourth-order valence-corrected chi connectivity index (χ4v) is 2.50. The number of benzene rings is 2. The molecule has 0 aliphatic heterocycles. The van der Waals surface area contributed by atoms with Crippen LogP contribution in [0.2, 0.25) is 0 Å². The van der Waals surface area contributed by atoms with Crippen LogP contribution in [-0.2, 0) is 9.53 Å². The fourth-order valence-electron chi connectivity index (χ4n) is 2.50. The number of ether oxygens (including phenoxy) is 1. The first-order valence-electron chi connectivity index (χ1n) is 7.92. The van der Waals surface area contributed by atoms with Crippen molar-refractivity contribution in [3.05, 3.63) is 65.2 Å². The molecule has 0 radical (unpaired) electrons. The molecule has 8 heteroatoms. The van der Waals surface area contributed by atoms with Gasteiger partial charge in [-0.05, 0) is 32.0 Å². The highest BCUT2D eigenvalue weighted by Crippen LogP contribution is 2.28. The van der Waals surface area contributed by atoms with Gasteiger partial charge in [0.15, 0.2) is 17.5 Å². The largest absolute Gasteiger partial charge is 0.447 e. The number of carbonyl (C=O) groups is 2. The quantitative estimate of drug-likeness (QED) is 0.687. The van der Waals surface area contributed by atoms with Crippen molar-refractivity contribution in [2.24, 2.45) is 0 Å². The van der Waals surface area contributed by atoms with Gasteiger partial charge in [0.2, 0.25) is 5.76 Å². The number of anilines is 1. The van der Waals surface area contributed by atoms with E-state index in [4.69, 9.17) is 9.15 Å². The third-order valence-electron chi connectivity index (χ3n) is 3.94. The maximum absolute atomic E-state index is 13.8. The van der Waals surface area contributed by atoms with E-state index < -0.39 is 35.4 Å². The molecule has 0 bridgehead atoms. The average Bonchev–Trinajstić information content (AvgIpc) is 2.96. The van der Waals surface area contributed by atoms with E-state index in [1.54, 1.807) is 13.0 Å². The summed E-state index contributed by atoms with van der Waals surface area (Å²) >= 11 is 0. The third-order valence-corrected chi connectivity index (χ3v) is 3.94. The smallest absolute Gasteiger partial charge is 0.375 e. The normalized spacial score (nSPS) is 12.0. The summed E-state index contributed by atoms with van der Waals surface area (Å²) in [5.74, 6) is -4.42. The molecule has 5 nitrogen and oxygen atoms in total. The molecule has 0 aliphatic carbocycles. The zero-order valence-corrected chi connectivity index (χ0v) is 14.3. The molecule has 0 fully saturated rings. The molecule has 0 aliphatic rings. The van der Waals surface area contributed by atoms with Crippen LogP contribution in [0.1, 0.15) is 23.0 Å². The summed E-state index contributed by atoms with van der Waals surface area (Å²) in [7, 11) is 0. The highest BCUT2D eigenvalue weighted by molar-refractivity contribution is 5.99. The first-order valence-corrected chi connectivity index (χ1v) is 7.92. The Balaban J connectivity index is 1.74. The SMILES string of the molecule is Cc1c(C(=O)O[C@@H](C)C(=O)Nc2ccc(F)cc2F)oc2c(F)cccc12. The fraction of sp³-hybridized carbons (Fsp3) is 0.158. The average molecular weight is 377 g/mol. The number of halogens is 3. The van der Waals surface area contributed by atoms with Crippen LogP contribution < -0.4 is 5.32 Å². The van der Waals surface area contributed by atoms with Crippen LogP contribution in [0.4, 0.5) is 18.9 Å². The van der Waals surface area contributed by atoms with Crippen LogP contribution in [0.25, 0.3) is 11.0 Å². The molecule has 1 aromatic heterocycles. The van der Waals surface area contributed by atoms with Gasteiger partial charge < -0.3 is 14.5 Å². The number of carbonyl (C=O) groups excluding carboxylic acids is 2. The summed E-state index contributed by atoms with van der Waals surface area (Å²) < 4.78 is 50.5. The number of hydrogen-bond donors (Lipinski definition) is 1. The van der Waals surface area contributed by atoms with Crippen LogP contribution in [0.15, 0.2) is 40.8 Å². The molecule has 140 valence electrons. The topological polar surface area (TPSA) is 68.5 Å². The van der Waals surface area contributed by atoms with E-state index in [-0.39, 0.29) is 17.0 Å². The minimum Gasteiger partial charge on any atom is -0.447 e. The number of hydrogen-bond acceptors (Lipinski definition) is 4. The lowest BCUT2D eigenvalue weighted by Gasteiger charge is -2.13. The molecule has 0 unspecified atom stereocenters. The van der Waals surface area contributed by atoms with Gasteiger partial charge in [0.1, 0.15) is 11.6 Å². The number of fused-ring (bicyclic) bond motifs is 1. The second-order valence-corrected chi connectivity index (χ2v) is 5.83. The van der Waals surface area contributed by atoms with E-state index in [2.05, 4.69) is 5.32 Å². The Hall–Kier alpha value is -3.29. The molecule has 27 heavy (non-hydrogen) atoms. The molecule has 0 spiro atoms. The monoisotopic (exact) mass is 377 g/mol. The highest BCUT2D eigenvalue weighted by Gasteiger charge is 2.25. The van der Waals surface area contributed by atoms with E-state index in [1.165, 1.54) is 19.1 Å². The lowest BCUT2D eigenvalue weighted by molar-refractivity contribution is -0.123. The number of rotatable bonds is 4. The van der Waals surface area contributed by atoms with Crippen molar-refractivity contribution in [3.63, 3.8) is 0 Å². The lowest BCUT2D eigenvalue weighted by Crippen LogP contribution is -2.30. The third kappa shape index (κ3) is 3.64. The Labute approximate surface area is 151 Å². The van der Waals surface area contributed by atoms with Crippen molar-refractivity contribution in [1.29, 1.82) is 0 Å². The Kier molecular flexibility index (Phi) is 4.89. The van der Waals surface area contributed by atoms with Crippen molar-refractivity contribution >= 4 is 28.5 Å². The number of nitrogens with one attached hydrogen (secondary N) is 1. The second-order valence-electron chi connectivity index (χ2n) is 5.83. The van der Waals surface area contributed by atoms with E-state index in [9.17, 15) is 22.8 Å². The van der Waals surface area contributed by atoms with Crippen molar-refractivity contribution in [3.8, 4) is 0 Å². The summed E-state index contributed by atoms with van der Waals surface area (Å²) in [4.78, 5) is 24.4. The van der Waals surface area contributed by atoms with Gasteiger partial charge in [-0.1, -0.05) is 12.1 Å². The van der Waals surface area contributed by atoms with E-state index in [0.29, 0.717) is 17.0 Å². The lowest BCUT2D eigenvalue weighted by atomic mass is 10.1. The predicted molar refractivity (Wildman–Crippen MR) is 90.8 cm³/mol. The molecule has 2 aromatic carbocycles. The minimum absolute atomic E-state index is 0.0903. The molecule has 1 amide bonds. The zero-order valence-electron chi connectivity index (χ0n) is 14.3. The summed E-state index contributed by atoms with van der Waals surface area (Å²) in [5.41, 5.74) is 0.0189. The van der Waals surface area contributed by atoms with Crippen LogP contribution >= 0.6 is 0 Å². The summed E-state index contributed by atoms with van der Waals surface area (Å²) in [6, 6.07) is 6.88. The Bertz CT molecular complexity index is 1040. The minimum atomic E-state index is -1.31. The number of para-hydroxylation sites is 1. The first kappa shape index (κ1) is 18.5.